The zero-order valence-corrected chi connectivity index (χ0v) is 6.20. The highest BCUT2D eigenvalue weighted by Gasteiger charge is 2.18. The molecule has 0 saturated carbocycles. The van der Waals surface area contributed by atoms with E-state index in [2.05, 4.69) is 0 Å². The van der Waals surface area contributed by atoms with Crippen LogP contribution < -0.4 is 0 Å². The standard InChI is InChI=1S/C5H12O2.ClH/c1-4(2)5(3,6)7;/h4,6-7H,1-3H3;1H. The molecule has 52 valence electrons. The first-order valence-electron chi connectivity index (χ1n) is 2.39. The van der Waals surface area contributed by atoms with Gasteiger partial charge in [-0.15, -0.1) is 12.4 Å². The van der Waals surface area contributed by atoms with E-state index in [1.807, 2.05) is 0 Å². The Balaban J connectivity index is 0. The molecule has 0 aliphatic heterocycles. The Morgan fingerprint density at radius 1 is 1.25 bits per heavy atom. The minimum atomic E-state index is -1.50. The topological polar surface area (TPSA) is 40.5 Å². The lowest BCUT2D eigenvalue weighted by Crippen LogP contribution is -2.29. The van der Waals surface area contributed by atoms with Crippen molar-refractivity contribution in [3.05, 3.63) is 0 Å². The van der Waals surface area contributed by atoms with Crippen molar-refractivity contribution in [3.8, 4) is 0 Å². The van der Waals surface area contributed by atoms with Gasteiger partial charge in [-0.05, 0) is 6.92 Å². The summed E-state index contributed by atoms with van der Waals surface area (Å²) >= 11 is 0. The Morgan fingerprint density at radius 3 is 1.38 bits per heavy atom. The van der Waals surface area contributed by atoms with E-state index in [4.69, 9.17) is 10.2 Å². The van der Waals surface area contributed by atoms with Gasteiger partial charge >= 0.3 is 0 Å². The summed E-state index contributed by atoms with van der Waals surface area (Å²) in [6, 6.07) is 0. The Bertz CT molecular complexity index is 55.9. The van der Waals surface area contributed by atoms with Crippen molar-refractivity contribution in [1.82, 2.24) is 0 Å². The summed E-state index contributed by atoms with van der Waals surface area (Å²) < 4.78 is 0. The molecule has 0 fully saturated rings. The van der Waals surface area contributed by atoms with Gasteiger partial charge in [0, 0.05) is 5.92 Å². The number of halogens is 1. The highest BCUT2D eigenvalue weighted by atomic mass is 35.5. The predicted molar refractivity (Wildman–Crippen MR) is 34.9 cm³/mol. The zero-order valence-electron chi connectivity index (χ0n) is 5.38. The largest absolute Gasteiger partial charge is 0.366 e. The molecule has 0 rings (SSSR count). The van der Waals surface area contributed by atoms with Crippen LogP contribution in [0.2, 0.25) is 0 Å². The van der Waals surface area contributed by atoms with Gasteiger partial charge < -0.3 is 10.2 Å². The molecule has 0 aromatic rings. The fourth-order valence-corrected chi connectivity index (χ4v) is 0. The summed E-state index contributed by atoms with van der Waals surface area (Å²) in [6.45, 7) is 4.87. The third kappa shape index (κ3) is 4.37. The van der Waals surface area contributed by atoms with E-state index in [-0.39, 0.29) is 18.3 Å². The van der Waals surface area contributed by atoms with Gasteiger partial charge in [0.25, 0.3) is 0 Å². The molecule has 8 heavy (non-hydrogen) atoms. The summed E-state index contributed by atoms with van der Waals surface area (Å²) in [4.78, 5) is 0. The smallest absolute Gasteiger partial charge is 0.161 e. The fraction of sp³-hybridized carbons (Fsp3) is 1.00. The van der Waals surface area contributed by atoms with Crippen molar-refractivity contribution < 1.29 is 10.2 Å². The van der Waals surface area contributed by atoms with Crippen LogP contribution in [0.3, 0.4) is 0 Å². The molecule has 0 atom stereocenters. The average molecular weight is 141 g/mol. The number of rotatable bonds is 1. The van der Waals surface area contributed by atoms with Crippen LogP contribution in [0.5, 0.6) is 0 Å². The molecule has 0 aliphatic carbocycles. The molecule has 0 aliphatic rings. The predicted octanol–water partition coefficient (Wildman–Crippen LogP) is 0.765. The molecular weight excluding hydrogens is 128 g/mol. The summed E-state index contributed by atoms with van der Waals surface area (Å²) in [7, 11) is 0. The van der Waals surface area contributed by atoms with Crippen LogP contribution in [0.1, 0.15) is 20.8 Å². The molecule has 0 aromatic heterocycles. The van der Waals surface area contributed by atoms with Crippen molar-refractivity contribution >= 4 is 12.4 Å². The minimum Gasteiger partial charge on any atom is -0.366 e. The maximum Gasteiger partial charge on any atom is 0.161 e. The van der Waals surface area contributed by atoms with E-state index in [0.29, 0.717) is 0 Å². The summed E-state index contributed by atoms with van der Waals surface area (Å²) in [5.41, 5.74) is 0. The molecule has 2 N–H and O–H groups in total. The van der Waals surface area contributed by atoms with E-state index in [0.717, 1.165) is 0 Å². The Labute approximate surface area is 55.9 Å². The van der Waals surface area contributed by atoms with Gasteiger partial charge in [-0.2, -0.15) is 0 Å². The Morgan fingerprint density at radius 2 is 1.38 bits per heavy atom. The summed E-state index contributed by atoms with van der Waals surface area (Å²) in [5.74, 6) is -1.59. The van der Waals surface area contributed by atoms with Gasteiger partial charge in [0.05, 0.1) is 0 Å². The monoisotopic (exact) mass is 140 g/mol. The third-order valence-corrected chi connectivity index (χ3v) is 1.09. The number of aliphatic hydroxyl groups is 2. The average Bonchev–Trinajstić information content (AvgIpc) is 1.31. The number of hydrogen-bond donors (Lipinski definition) is 2. The molecule has 0 aromatic carbocycles. The normalized spacial score (nSPS) is 11.2. The highest BCUT2D eigenvalue weighted by molar-refractivity contribution is 5.85. The fourth-order valence-electron chi connectivity index (χ4n) is 0. The number of hydrogen-bond acceptors (Lipinski definition) is 2. The van der Waals surface area contributed by atoms with Crippen LogP contribution >= 0.6 is 12.4 Å². The molecule has 0 spiro atoms. The Kier molecular flexibility index (Phi) is 4.53. The van der Waals surface area contributed by atoms with Crippen LogP contribution in [0, 0.1) is 5.92 Å². The molecule has 0 heterocycles. The van der Waals surface area contributed by atoms with Crippen molar-refractivity contribution in [2.24, 2.45) is 5.92 Å². The second-order valence-electron chi connectivity index (χ2n) is 2.25. The molecule has 0 bridgehead atoms. The first-order valence-corrected chi connectivity index (χ1v) is 2.39. The van der Waals surface area contributed by atoms with E-state index < -0.39 is 5.79 Å². The second-order valence-corrected chi connectivity index (χ2v) is 2.25. The summed E-state index contributed by atoms with van der Waals surface area (Å²) in [5, 5.41) is 17.3. The van der Waals surface area contributed by atoms with Crippen molar-refractivity contribution in [2.75, 3.05) is 0 Å². The maximum absolute atomic E-state index is 8.65. The van der Waals surface area contributed by atoms with E-state index in [9.17, 15) is 0 Å². The molecule has 0 unspecified atom stereocenters. The van der Waals surface area contributed by atoms with Crippen LogP contribution in [0.25, 0.3) is 0 Å². The minimum absolute atomic E-state index is 0. The van der Waals surface area contributed by atoms with Gasteiger partial charge in [-0.1, -0.05) is 13.8 Å². The van der Waals surface area contributed by atoms with E-state index >= 15 is 0 Å². The van der Waals surface area contributed by atoms with Crippen LogP contribution in [0.4, 0.5) is 0 Å². The van der Waals surface area contributed by atoms with Crippen molar-refractivity contribution in [3.63, 3.8) is 0 Å². The van der Waals surface area contributed by atoms with Crippen molar-refractivity contribution in [1.29, 1.82) is 0 Å². The quantitative estimate of drug-likeness (QED) is 0.528. The van der Waals surface area contributed by atoms with Gasteiger partial charge in [-0.3, -0.25) is 0 Å². The first-order chi connectivity index (χ1) is 2.94. The summed E-state index contributed by atoms with van der Waals surface area (Å²) in [6.07, 6.45) is 0. The SMILES string of the molecule is CC(C)C(C)(O)O.Cl. The first kappa shape index (κ1) is 11.1. The molecule has 0 radical (unpaired) electrons. The zero-order chi connectivity index (χ0) is 6.08. The highest BCUT2D eigenvalue weighted by Crippen LogP contribution is 2.09. The molecule has 3 heteroatoms. The van der Waals surface area contributed by atoms with Crippen LogP contribution in [-0.4, -0.2) is 16.0 Å². The molecule has 0 saturated heterocycles. The maximum atomic E-state index is 8.65. The van der Waals surface area contributed by atoms with Crippen molar-refractivity contribution in [2.45, 2.75) is 26.6 Å². The van der Waals surface area contributed by atoms with Gasteiger partial charge in [0.2, 0.25) is 0 Å². The van der Waals surface area contributed by atoms with Crippen LogP contribution in [0.15, 0.2) is 0 Å². The van der Waals surface area contributed by atoms with Gasteiger partial charge in [0.1, 0.15) is 0 Å². The Hall–Kier alpha value is 0.210. The van der Waals surface area contributed by atoms with E-state index in [1.54, 1.807) is 13.8 Å². The molecule has 2 nitrogen and oxygen atoms in total. The van der Waals surface area contributed by atoms with Crippen LogP contribution in [-0.2, 0) is 0 Å². The van der Waals surface area contributed by atoms with E-state index in [1.165, 1.54) is 6.92 Å². The second kappa shape index (κ2) is 3.28. The lowest BCUT2D eigenvalue weighted by atomic mass is 10.1. The third-order valence-electron chi connectivity index (χ3n) is 1.09. The lowest BCUT2D eigenvalue weighted by molar-refractivity contribution is -0.176. The molecule has 0 amide bonds. The van der Waals surface area contributed by atoms with Gasteiger partial charge in [0.15, 0.2) is 5.79 Å². The lowest BCUT2D eigenvalue weighted by Gasteiger charge is -2.19. The van der Waals surface area contributed by atoms with Gasteiger partial charge in [-0.25, -0.2) is 0 Å². The molecular formula is C5H13ClO2.